The van der Waals surface area contributed by atoms with Crippen molar-refractivity contribution in [1.82, 2.24) is 10.2 Å². The lowest BCUT2D eigenvalue weighted by atomic mass is 9.85. The van der Waals surface area contributed by atoms with Gasteiger partial charge in [-0.05, 0) is 44.6 Å². The number of nitrogens with two attached hydrogens (primary N) is 1. The lowest BCUT2D eigenvalue weighted by Gasteiger charge is -2.44. The van der Waals surface area contributed by atoms with Gasteiger partial charge in [0, 0.05) is 31.7 Å². The number of hydrogen-bond acceptors (Lipinski definition) is 6. The molecule has 8 nitrogen and oxygen atoms in total. The van der Waals surface area contributed by atoms with E-state index in [1.54, 1.807) is 6.08 Å². The molecule has 0 aromatic heterocycles. The molecule has 0 spiro atoms. The third kappa shape index (κ3) is 6.01. The molecular formula is C20H33N3O5. The minimum atomic E-state index is -0.945. The van der Waals surface area contributed by atoms with E-state index in [4.69, 9.17) is 15.2 Å². The molecule has 1 heterocycles. The number of amides is 1. The molecule has 3 aliphatic rings. The molecule has 8 heteroatoms. The standard InChI is InChI=1S/C20H33N3O5/c1-13(24)22-19-17(21)9-15(20(25)26)10-18(19)23-6-2-3-16(11-23)28-8-7-27-12-14-4-5-14/h10,14,16-19H,2-9,11-12,21H2,1H3,(H,22,24)(H,25,26)/t16-,17-,18+,19+/m0/s1. The molecule has 0 aromatic carbocycles. The summed E-state index contributed by atoms with van der Waals surface area (Å²) in [7, 11) is 0. The van der Waals surface area contributed by atoms with Gasteiger partial charge in [-0.25, -0.2) is 4.79 Å². The van der Waals surface area contributed by atoms with E-state index in [1.165, 1.54) is 19.8 Å². The van der Waals surface area contributed by atoms with Gasteiger partial charge in [-0.2, -0.15) is 0 Å². The van der Waals surface area contributed by atoms with Crippen LogP contribution in [0.4, 0.5) is 0 Å². The molecule has 1 saturated carbocycles. The summed E-state index contributed by atoms with van der Waals surface area (Å²) in [4.78, 5) is 25.4. The Morgan fingerprint density at radius 1 is 1.32 bits per heavy atom. The number of carbonyl (C=O) groups is 2. The number of aliphatic carboxylic acids is 1. The monoisotopic (exact) mass is 395 g/mol. The summed E-state index contributed by atoms with van der Waals surface area (Å²) in [5.41, 5.74) is 6.55. The first-order chi connectivity index (χ1) is 13.4. The first-order valence-corrected chi connectivity index (χ1v) is 10.3. The van der Waals surface area contributed by atoms with Gasteiger partial charge in [0.1, 0.15) is 0 Å². The van der Waals surface area contributed by atoms with Gasteiger partial charge in [0.05, 0.1) is 31.4 Å². The van der Waals surface area contributed by atoms with E-state index in [2.05, 4.69) is 10.2 Å². The van der Waals surface area contributed by atoms with E-state index >= 15 is 0 Å². The SMILES string of the molecule is CC(=O)N[C@H]1[C@H](N2CCC[C@H](OCCOCC3CC3)C2)C=C(C(=O)O)C[C@@H]1N. The molecule has 3 rings (SSSR count). The number of ether oxygens (including phenoxy) is 2. The van der Waals surface area contributed by atoms with Crippen LogP contribution in [0.25, 0.3) is 0 Å². The van der Waals surface area contributed by atoms with Crippen LogP contribution < -0.4 is 11.1 Å². The number of carboxylic acids is 1. The topological polar surface area (TPSA) is 114 Å². The van der Waals surface area contributed by atoms with Crippen molar-refractivity contribution in [1.29, 1.82) is 0 Å². The van der Waals surface area contributed by atoms with Crippen LogP contribution in [0, 0.1) is 5.92 Å². The Morgan fingerprint density at radius 2 is 2.11 bits per heavy atom. The fourth-order valence-electron chi connectivity index (χ4n) is 4.11. The second-order valence-corrected chi connectivity index (χ2v) is 8.23. The summed E-state index contributed by atoms with van der Waals surface area (Å²) >= 11 is 0. The molecule has 28 heavy (non-hydrogen) atoms. The van der Waals surface area contributed by atoms with Gasteiger partial charge >= 0.3 is 5.97 Å². The number of rotatable bonds is 9. The van der Waals surface area contributed by atoms with Gasteiger partial charge in [-0.15, -0.1) is 0 Å². The van der Waals surface area contributed by atoms with Crippen LogP contribution in [-0.2, 0) is 19.1 Å². The van der Waals surface area contributed by atoms with Crippen LogP contribution in [0.15, 0.2) is 11.6 Å². The average molecular weight is 396 g/mol. The quantitative estimate of drug-likeness (QED) is 0.487. The van der Waals surface area contributed by atoms with Gasteiger partial charge in [0.15, 0.2) is 0 Å². The lowest BCUT2D eigenvalue weighted by Crippen LogP contribution is -2.62. The van der Waals surface area contributed by atoms with Crippen molar-refractivity contribution in [3.8, 4) is 0 Å². The highest BCUT2D eigenvalue weighted by atomic mass is 16.5. The van der Waals surface area contributed by atoms with Crippen LogP contribution >= 0.6 is 0 Å². The largest absolute Gasteiger partial charge is 0.478 e. The fraction of sp³-hybridized carbons (Fsp3) is 0.800. The minimum Gasteiger partial charge on any atom is -0.478 e. The Balaban J connectivity index is 1.57. The molecule has 4 atom stereocenters. The zero-order valence-corrected chi connectivity index (χ0v) is 16.6. The molecule has 0 bridgehead atoms. The normalized spacial score (nSPS) is 31.3. The van der Waals surface area contributed by atoms with Gasteiger partial charge in [0.2, 0.25) is 5.91 Å². The Labute approximate surface area is 166 Å². The Hall–Kier alpha value is -1.48. The van der Waals surface area contributed by atoms with Crippen molar-refractivity contribution < 1.29 is 24.2 Å². The number of piperidine rings is 1. The van der Waals surface area contributed by atoms with Crippen molar-refractivity contribution in [3.05, 3.63) is 11.6 Å². The number of carboxylic acid groups (broad SMARTS) is 1. The van der Waals surface area contributed by atoms with Crippen molar-refractivity contribution in [2.45, 2.75) is 63.3 Å². The Kier molecular flexibility index (Phi) is 7.45. The Bertz CT molecular complexity index is 592. The maximum Gasteiger partial charge on any atom is 0.331 e. The summed E-state index contributed by atoms with van der Waals surface area (Å²) in [6, 6.07) is -0.973. The molecular weight excluding hydrogens is 362 g/mol. The first kappa shape index (κ1) is 21.2. The van der Waals surface area contributed by atoms with Crippen molar-refractivity contribution in [3.63, 3.8) is 0 Å². The highest BCUT2D eigenvalue weighted by Crippen LogP contribution is 2.29. The molecule has 2 fully saturated rings. The maximum absolute atomic E-state index is 11.7. The van der Waals surface area contributed by atoms with E-state index in [-0.39, 0.29) is 30.5 Å². The van der Waals surface area contributed by atoms with Crippen LogP contribution in [-0.4, -0.2) is 79.0 Å². The molecule has 1 aliphatic heterocycles. The lowest BCUT2D eigenvalue weighted by molar-refractivity contribution is -0.133. The van der Waals surface area contributed by atoms with Crippen LogP contribution in [0.3, 0.4) is 0 Å². The van der Waals surface area contributed by atoms with E-state index in [9.17, 15) is 14.7 Å². The number of carbonyl (C=O) groups excluding carboxylic acids is 1. The van der Waals surface area contributed by atoms with E-state index in [0.717, 1.165) is 31.9 Å². The van der Waals surface area contributed by atoms with Crippen molar-refractivity contribution in [2.75, 3.05) is 32.9 Å². The minimum absolute atomic E-state index is 0.0797. The van der Waals surface area contributed by atoms with Crippen LogP contribution in [0.1, 0.15) is 39.0 Å². The highest BCUT2D eigenvalue weighted by Gasteiger charge is 2.38. The Morgan fingerprint density at radius 3 is 2.79 bits per heavy atom. The summed E-state index contributed by atoms with van der Waals surface area (Å²) in [6.45, 7) is 5.00. The van der Waals surface area contributed by atoms with E-state index in [1.807, 2.05) is 0 Å². The second kappa shape index (κ2) is 9.82. The molecule has 1 saturated heterocycles. The first-order valence-electron chi connectivity index (χ1n) is 10.3. The molecule has 158 valence electrons. The third-order valence-electron chi connectivity index (χ3n) is 5.76. The number of nitrogens with zero attached hydrogens (tertiary/aromatic N) is 1. The van der Waals surface area contributed by atoms with Crippen molar-refractivity contribution >= 4 is 11.9 Å². The van der Waals surface area contributed by atoms with E-state index < -0.39 is 12.0 Å². The zero-order chi connectivity index (χ0) is 20.1. The third-order valence-corrected chi connectivity index (χ3v) is 5.76. The maximum atomic E-state index is 11.7. The molecule has 1 amide bonds. The molecule has 0 radical (unpaired) electrons. The molecule has 2 aliphatic carbocycles. The molecule has 0 unspecified atom stereocenters. The number of likely N-dealkylation sites (tertiary alicyclic amines) is 1. The summed E-state index contributed by atoms with van der Waals surface area (Å²) in [6.07, 6.45) is 6.58. The molecule has 4 N–H and O–H groups in total. The van der Waals surface area contributed by atoms with Crippen molar-refractivity contribution in [2.24, 2.45) is 11.7 Å². The van der Waals surface area contributed by atoms with E-state index in [0.29, 0.717) is 25.3 Å². The zero-order valence-electron chi connectivity index (χ0n) is 16.6. The number of nitrogens with one attached hydrogen (secondary N) is 1. The summed E-state index contributed by atoms with van der Waals surface area (Å²) < 4.78 is 11.6. The van der Waals surface area contributed by atoms with Gasteiger partial charge in [-0.1, -0.05) is 6.08 Å². The number of hydrogen-bond donors (Lipinski definition) is 3. The van der Waals surface area contributed by atoms with Crippen LogP contribution in [0.5, 0.6) is 0 Å². The predicted molar refractivity (Wildman–Crippen MR) is 104 cm³/mol. The second-order valence-electron chi connectivity index (χ2n) is 8.23. The summed E-state index contributed by atoms with van der Waals surface area (Å²) in [5.74, 6) is -0.351. The fourth-order valence-corrected chi connectivity index (χ4v) is 4.11. The smallest absolute Gasteiger partial charge is 0.331 e. The average Bonchev–Trinajstić information content (AvgIpc) is 3.47. The molecule has 0 aromatic rings. The highest BCUT2D eigenvalue weighted by molar-refractivity contribution is 5.87. The van der Waals surface area contributed by atoms with Crippen LogP contribution in [0.2, 0.25) is 0 Å². The van der Waals surface area contributed by atoms with Gasteiger partial charge in [0.25, 0.3) is 0 Å². The predicted octanol–water partition coefficient (Wildman–Crippen LogP) is 0.509. The van der Waals surface area contributed by atoms with Gasteiger partial charge in [-0.3, -0.25) is 9.69 Å². The summed E-state index contributed by atoms with van der Waals surface area (Å²) in [5, 5.41) is 12.4. The van der Waals surface area contributed by atoms with Gasteiger partial charge < -0.3 is 25.6 Å².